The minimum Gasteiger partial charge on any atom is -0.376 e. The van der Waals surface area contributed by atoms with E-state index >= 15 is 0 Å². The van der Waals surface area contributed by atoms with Crippen LogP contribution in [0.25, 0.3) is 4.96 Å². The van der Waals surface area contributed by atoms with Crippen LogP contribution in [0.1, 0.15) is 28.8 Å². The number of hydrogen-bond donors (Lipinski definition) is 0. The maximum Gasteiger partial charge on any atom is 0.271 e. The van der Waals surface area contributed by atoms with Crippen LogP contribution in [0.4, 0.5) is 0 Å². The van der Waals surface area contributed by atoms with Crippen LogP contribution in [0.5, 0.6) is 0 Å². The van der Waals surface area contributed by atoms with Crippen molar-refractivity contribution < 1.29 is 9.53 Å². The molecule has 0 radical (unpaired) electrons. The number of ether oxygens (including phenoxy) is 1. The average Bonchev–Trinajstić information content (AvgIpc) is 3.34. The van der Waals surface area contributed by atoms with Gasteiger partial charge in [-0.2, -0.15) is 0 Å². The van der Waals surface area contributed by atoms with Crippen LogP contribution in [-0.4, -0.2) is 44.4 Å². The van der Waals surface area contributed by atoms with Crippen molar-refractivity contribution in [2.24, 2.45) is 0 Å². The largest absolute Gasteiger partial charge is 0.376 e. The number of hydrogen-bond acceptors (Lipinski definition) is 6. The molecule has 3 aromatic rings. The van der Waals surface area contributed by atoms with E-state index in [2.05, 4.69) is 9.97 Å². The third kappa shape index (κ3) is 3.38. The van der Waals surface area contributed by atoms with Crippen molar-refractivity contribution in [3.8, 4) is 0 Å². The van der Waals surface area contributed by atoms with Gasteiger partial charge < -0.3 is 9.64 Å². The van der Waals surface area contributed by atoms with Crippen LogP contribution in [0.2, 0.25) is 0 Å². The molecule has 4 heterocycles. The summed E-state index contributed by atoms with van der Waals surface area (Å²) >= 11 is 1.36. The van der Waals surface area contributed by atoms with Gasteiger partial charge in [0.25, 0.3) is 11.5 Å². The van der Waals surface area contributed by atoms with Gasteiger partial charge in [-0.05, 0) is 24.5 Å². The van der Waals surface area contributed by atoms with E-state index in [1.807, 2.05) is 12.1 Å². The Kier molecular flexibility index (Phi) is 4.77. The third-order valence-electron chi connectivity index (χ3n) is 4.40. The quantitative estimate of drug-likeness (QED) is 0.686. The predicted octanol–water partition coefficient (Wildman–Crippen LogP) is 1.97. The van der Waals surface area contributed by atoms with Gasteiger partial charge in [-0.3, -0.25) is 19.0 Å². The highest BCUT2D eigenvalue weighted by Crippen LogP contribution is 2.17. The Labute approximate surface area is 153 Å². The van der Waals surface area contributed by atoms with Crippen molar-refractivity contribution >= 4 is 22.2 Å². The Morgan fingerprint density at radius 3 is 3.12 bits per heavy atom. The molecule has 0 bridgehead atoms. The summed E-state index contributed by atoms with van der Waals surface area (Å²) in [5.41, 5.74) is 0.635. The van der Waals surface area contributed by atoms with Gasteiger partial charge >= 0.3 is 0 Å². The molecule has 0 spiro atoms. The van der Waals surface area contributed by atoms with Gasteiger partial charge in [-0.15, -0.1) is 11.3 Å². The SMILES string of the molecule is O=C(c1cnc2sccn2c1=O)N(Cc1cccnc1)CC1CCCO1. The van der Waals surface area contributed by atoms with Gasteiger partial charge in [0.05, 0.1) is 6.10 Å². The van der Waals surface area contributed by atoms with Crippen LogP contribution in [0.15, 0.2) is 47.1 Å². The van der Waals surface area contributed by atoms with Gasteiger partial charge in [0, 0.05) is 49.9 Å². The van der Waals surface area contributed by atoms with Gasteiger partial charge in [0.1, 0.15) is 5.56 Å². The fourth-order valence-corrected chi connectivity index (χ4v) is 3.78. The van der Waals surface area contributed by atoms with Crippen LogP contribution >= 0.6 is 11.3 Å². The number of pyridine rings is 1. The molecule has 1 atom stereocenters. The van der Waals surface area contributed by atoms with E-state index in [0.717, 1.165) is 18.4 Å². The Balaban J connectivity index is 1.65. The van der Waals surface area contributed by atoms with Crippen molar-refractivity contribution in [3.63, 3.8) is 0 Å². The first kappa shape index (κ1) is 16.9. The summed E-state index contributed by atoms with van der Waals surface area (Å²) in [6.07, 6.45) is 8.33. The maximum absolute atomic E-state index is 13.1. The molecule has 1 aliphatic heterocycles. The Hall–Kier alpha value is -2.58. The van der Waals surface area contributed by atoms with Crippen LogP contribution in [0.3, 0.4) is 0 Å². The molecule has 1 saturated heterocycles. The average molecular weight is 370 g/mol. The zero-order chi connectivity index (χ0) is 17.9. The second-order valence-electron chi connectivity index (χ2n) is 6.21. The van der Waals surface area contributed by atoms with Crippen molar-refractivity contribution in [1.82, 2.24) is 19.3 Å². The standard InChI is InChI=1S/C18H18N4O3S/c23-16(15-10-20-18-22(17(15)24)6-8-26-18)21(12-14-4-2-7-25-14)11-13-3-1-5-19-9-13/h1,3,5-6,8-10,14H,2,4,7,11-12H2. The van der Waals surface area contributed by atoms with E-state index in [4.69, 9.17) is 4.74 Å². The number of carbonyl (C=O) groups is 1. The lowest BCUT2D eigenvalue weighted by atomic mass is 10.2. The minimum atomic E-state index is -0.343. The number of carbonyl (C=O) groups excluding carboxylic acids is 1. The molecule has 1 amide bonds. The summed E-state index contributed by atoms with van der Waals surface area (Å²) in [6, 6.07) is 3.74. The summed E-state index contributed by atoms with van der Waals surface area (Å²) in [6.45, 7) is 1.53. The lowest BCUT2D eigenvalue weighted by Crippen LogP contribution is -2.39. The van der Waals surface area contributed by atoms with Gasteiger partial charge in [-0.1, -0.05) is 6.07 Å². The van der Waals surface area contributed by atoms with Crippen LogP contribution in [0, 0.1) is 0 Å². The van der Waals surface area contributed by atoms with E-state index in [-0.39, 0.29) is 23.1 Å². The van der Waals surface area contributed by atoms with Gasteiger partial charge in [0.2, 0.25) is 0 Å². The molecule has 1 aliphatic rings. The number of fused-ring (bicyclic) bond motifs is 1. The number of aromatic nitrogens is 3. The number of thiazole rings is 1. The van der Waals surface area contributed by atoms with Crippen molar-refractivity contribution in [3.05, 3.63) is 63.8 Å². The minimum absolute atomic E-state index is 0.00351. The summed E-state index contributed by atoms with van der Waals surface area (Å²) < 4.78 is 7.10. The zero-order valence-corrected chi connectivity index (χ0v) is 14.9. The van der Waals surface area contributed by atoms with Crippen molar-refractivity contribution in [2.75, 3.05) is 13.2 Å². The van der Waals surface area contributed by atoms with Gasteiger partial charge in [0.15, 0.2) is 4.96 Å². The van der Waals surface area contributed by atoms with Gasteiger partial charge in [-0.25, -0.2) is 4.98 Å². The molecule has 1 fully saturated rings. The topological polar surface area (TPSA) is 76.8 Å². The predicted molar refractivity (Wildman–Crippen MR) is 97.3 cm³/mol. The summed E-state index contributed by atoms with van der Waals surface area (Å²) in [5.74, 6) is -0.331. The van der Waals surface area contributed by atoms with E-state index in [1.165, 1.54) is 21.9 Å². The molecule has 0 N–H and O–H groups in total. The van der Waals surface area contributed by atoms with Crippen molar-refractivity contribution in [2.45, 2.75) is 25.5 Å². The molecule has 0 saturated carbocycles. The normalized spacial score (nSPS) is 16.8. The molecule has 7 nitrogen and oxygen atoms in total. The summed E-state index contributed by atoms with van der Waals surface area (Å²) in [5, 5.41) is 1.78. The van der Waals surface area contributed by atoms with Crippen molar-refractivity contribution in [1.29, 1.82) is 0 Å². The maximum atomic E-state index is 13.1. The van der Waals surface area contributed by atoms with E-state index in [9.17, 15) is 9.59 Å². The number of amides is 1. The molecule has 0 aromatic carbocycles. The van der Waals surface area contributed by atoms with Crippen LogP contribution < -0.4 is 5.56 Å². The first-order valence-corrected chi connectivity index (χ1v) is 9.35. The lowest BCUT2D eigenvalue weighted by molar-refractivity contribution is 0.0505. The Bertz CT molecular complexity index is 963. The lowest BCUT2D eigenvalue weighted by Gasteiger charge is -2.25. The third-order valence-corrected chi connectivity index (χ3v) is 5.18. The molecule has 8 heteroatoms. The monoisotopic (exact) mass is 370 g/mol. The molecule has 134 valence electrons. The zero-order valence-electron chi connectivity index (χ0n) is 14.1. The smallest absolute Gasteiger partial charge is 0.271 e. The molecular formula is C18H18N4O3S. The molecule has 0 aliphatic carbocycles. The molecular weight excluding hydrogens is 352 g/mol. The number of rotatable bonds is 5. The summed E-state index contributed by atoms with van der Waals surface area (Å²) in [7, 11) is 0. The van der Waals surface area contributed by atoms with E-state index in [0.29, 0.717) is 24.7 Å². The molecule has 4 rings (SSSR count). The fourth-order valence-electron chi connectivity index (χ4n) is 3.11. The highest BCUT2D eigenvalue weighted by atomic mass is 32.1. The first-order valence-electron chi connectivity index (χ1n) is 8.47. The van der Waals surface area contributed by atoms with E-state index < -0.39 is 0 Å². The fraction of sp³-hybridized carbons (Fsp3) is 0.333. The summed E-state index contributed by atoms with van der Waals surface area (Å²) in [4.78, 5) is 36.4. The highest BCUT2D eigenvalue weighted by Gasteiger charge is 2.26. The first-order chi connectivity index (χ1) is 12.7. The molecule has 3 aromatic heterocycles. The van der Waals surface area contributed by atoms with E-state index in [1.54, 1.807) is 28.9 Å². The van der Waals surface area contributed by atoms with Crippen LogP contribution in [-0.2, 0) is 11.3 Å². The molecule has 1 unspecified atom stereocenters. The Morgan fingerprint density at radius 2 is 2.35 bits per heavy atom. The Morgan fingerprint density at radius 1 is 1.42 bits per heavy atom. The number of nitrogens with zero attached hydrogens (tertiary/aromatic N) is 4. The molecule has 26 heavy (non-hydrogen) atoms. The second-order valence-corrected chi connectivity index (χ2v) is 7.09. The second kappa shape index (κ2) is 7.35. The highest BCUT2D eigenvalue weighted by molar-refractivity contribution is 7.15.